The summed E-state index contributed by atoms with van der Waals surface area (Å²) in [7, 11) is 3.30. The van der Waals surface area contributed by atoms with E-state index in [0.29, 0.717) is 36.6 Å². The van der Waals surface area contributed by atoms with Crippen molar-refractivity contribution in [3.63, 3.8) is 0 Å². The van der Waals surface area contributed by atoms with Gasteiger partial charge in [0.1, 0.15) is 0 Å². The van der Waals surface area contributed by atoms with Crippen LogP contribution in [-0.2, 0) is 9.47 Å². The van der Waals surface area contributed by atoms with Crippen LogP contribution in [0.3, 0.4) is 0 Å². The number of rotatable bonds is 11. The van der Waals surface area contributed by atoms with E-state index in [1.165, 1.54) is 39.2 Å². The van der Waals surface area contributed by atoms with Crippen LogP contribution in [0.1, 0.15) is 63.0 Å². The number of hydrogen-bond acceptors (Lipinski definition) is 6. The van der Waals surface area contributed by atoms with Gasteiger partial charge in [0.2, 0.25) is 5.96 Å². The molecule has 1 aliphatic carbocycles. The smallest absolute Gasteiger partial charge is 0.406 e. The molecule has 1 aliphatic heterocycles. The van der Waals surface area contributed by atoms with Crippen LogP contribution in [0.15, 0.2) is 29.3 Å². The molecule has 2 fully saturated rings. The van der Waals surface area contributed by atoms with Gasteiger partial charge in [0.25, 0.3) is 0 Å². The van der Waals surface area contributed by atoms with Crippen LogP contribution in [0.25, 0.3) is 0 Å². The number of halogens is 1. The fourth-order valence-corrected chi connectivity index (χ4v) is 5.89. The Morgan fingerprint density at radius 3 is 2.79 bits per heavy atom. The number of likely N-dealkylation sites (N-methyl/N-ethyl adjacent to an activating group) is 1. The van der Waals surface area contributed by atoms with Crippen LogP contribution < -0.4 is 16.0 Å². The Labute approximate surface area is 232 Å². The number of nitrogens with one attached hydrogen (secondary N) is 3. The number of guanidine groups is 1. The Hall–Kier alpha value is -2.54. The zero-order valence-electron chi connectivity index (χ0n) is 22.8. The van der Waals surface area contributed by atoms with Crippen molar-refractivity contribution in [3.05, 3.63) is 34.9 Å². The fourth-order valence-electron chi connectivity index (χ4n) is 5.69. The maximum absolute atomic E-state index is 11.4. The minimum atomic E-state index is -0.482. The van der Waals surface area contributed by atoms with Gasteiger partial charge in [-0.3, -0.25) is 5.32 Å². The third kappa shape index (κ3) is 9.64. The summed E-state index contributed by atoms with van der Waals surface area (Å²) in [5.74, 6) is 1.50. The number of ether oxygens (including phenoxy) is 2. The molecule has 10 heteroatoms. The van der Waals surface area contributed by atoms with Gasteiger partial charge in [-0.2, -0.15) is 5.26 Å². The predicted molar refractivity (Wildman–Crippen MR) is 150 cm³/mol. The van der Waals surface area contributed by atoms with Gasteiger partial charge in [-0.1, -0.05) is 55.8 Å². The summed E-state index contributed by atoms with van der Waals surface area (Å²) in [5, 5.41) is 19.1. The van der Waals surface area contributed by atoms with Crippen LogP contribution in [0.2, 0.25) is 5.02 Å². The highest BCUT2D eigenvalue weighted by Gasteiger charge is 2.31. The van der Waals surface area contributed by atoms with Crippen LogP contribution in [-0.4, -0.2) is 69.9 Å². The summed E-state index contributed by atoms with van der Waals surface area (Å²) >= 11 is 6.33. The summed E-state index contributed by atoms with van der Waals surface area (Å²) in [6.07, 6.45) is 10.9. The molecule has 0 spiro atoms. The first-order valence-electron chi connectivity index (χ1n) is 13.8. The molecule has 3 rings (SSSR count). The number of carbonyl (C=O) groups is 1. The van der Waals surface area contributed by atoms with Crippen LogP contribution in [0, 0.1) is 23.3 Å². The van der Waals surface area contributed by atoms with Crippen molar-refractivity contribution in [2.45, 2.75) is 63.5 Å². The van der Waals surface area contributed by atoms with E-state index in [2.05, 4.69) is 31.8 Å². The maximum Gasteiger partial charge on any atom is 0.406 e. The monoisotopic (exact) mass is 546 g/mol. The van der Waals surface area contributed by atoms with Gasteiger partial charge in [0, 0.05) is 37.1 Å². The molecule has 0 aromatic heterocycles. The molecule has 38 heavy (non-hydrogen) atoms. The lowest BCUT2D eigenvalue weighted by Gasteiger charge is -2.38. The molecule has 3 atom stereocenters. The standard InChI is InChI=1S/C28H43ClN6O3/c1-31-18-25(16-21-8-4-3-5-9-21)34-27(33-20-30)35-14-7-11-23(19-35)26(22-10-6-12-24(29)17-22)38-15-13-32-28(36)37-2/h6,10,12,17,21,23,25-26,31H,3-5,7-9,11,13-16,18-19H2,1-2H3,(H,32,36)(H,33,34)/t23?,25?,26-/m0/s1. The first-order chi connectivity index (χ1) is 18.5. The van der Waals surface area contributed by atoms with E-state index in [-0.39, 0.29) is 18.1 Å². The number of nitrogens with zero attached hydrogens (tertiary/aromatic N) is 3. The average molecular weight is 547 g/mol. The van der Waals surface area contributed by atoms with Crippen molar-refractivity contribution in [1.29, 1.82) is 5.26 Å². The minimum absolute atomic E-state index is 0.115. The number of carbonyl (C=O) groups excluding carboxylic acids is 1. The lowest BCUT2D eigenvalue weighted by molar-refractivity contribution is -0.00576. The van der Waals surface area contributed by atoms with Crippen LogP contribution in [0.4, 0.5) is 4.79 Å². The Kier molecular flexibility index (Phi) is 13.0. The molecular weight excluding hydrogens is 504 g/mol. The van der Waals surface area contributed by atoms with Crippen molar-refractivity contribution in [3.8, 4) is 6.19 Å². The molecule has 9 nitrogen and oxygen atoms in total. The van der Waals surface area contributed by atoms with Crippen molar-refractivity contribution in [1.82, 2.24) is 20.9 Å². The minimum Gasteiger partial charge on any atom is -0.453 e. The number of aliphatic imine (C=N–C) groups is 1. The van der Waals surface area contributed by atoms with Crippen LogP contribution in [0.5, 0.6) is 0 Å². The molecule has 2 unspecified atom stereocenters. The highest BCUT2D eigenvalue weighted by molar-refractivity contribution is 6.30. The second kappa shape index (κ2) is 16.4. The summed E-state index contributed by atoms with van der Waals surface area (Å²) in [4.78, 5) is 18.7. The van der Waals surface area contributed by atoms with E-state index in [0.717, 1.165) is 37.9 Å². The van der Waals surface area contributed by atoms with Gasteiger partial charge < -0.3 is 25.0 Å². The molecule has 210 valence electrons. The molecule has 0 bridgehead atoms. The molecular formula is C28H43ClN6O3. The quantitative estimate of drug-likeness (QED) is 0.124. The molecule has 1 saturated carbocycles. The predicted octanol–water partition coefficient (Wildman–Crippen LogP) is 4.45. The topological polar surface area (TPSA) is 111 Å². The van der Waals surface area contributed by atoms with Crippen molar-refractivity contribution < 1.29 is 14.3 Å². The molecule has 1 amide bonds. The van der Waals surface area contributed by atoms with Gasteiger partial charge >= 0.3 is 6.09 Å². The van der Waals surface area contributed by atoms with E-state index < -0.39 is 6.09 Å². The first-order valence-corrected chi connectivity index (χ1v) is 14.2. The second-order valence-electron chi connectivity index (χ2n) is 10.3. The molecule has 2 aliphatic rings. The van der Waals surface area contributed by atoms with Gasteiger partial charge in [-0.05, 0) is 49.9 Å². The van der Waals surface area contributed by atoms with E-state index in [9.17, 15) is 10.1 Å². The first kappa shape index (κ1) is 30.0. The third-order valence-electron chi connectivity index (χ3n) is 7.46. The molecule has 1 saturated heterocycles. The zero-order chi connectivity index (χ0) is 27.2. The number of likely N-dealkylation sites (tertiary alicyclic amines) is 1. The Balaban J connectivity index is 1.75. The lowest BCUT2D eigenvalue weighted by atomic mass is 9.85. The zero-order valence-corrected chi connectivity index (χ0v) is 23.5. The number of amides is 1. The summed E-state index contributed by atoms with van der Waals surface area (Å²) in [6.45, 7) is 2.99. The second-order valence-corrected chi connectivity index (χ2v) is 10.7. The average Bonchev–Trinajstić information content (AvgIpc) is 2.93. The number of nitriles is 1. The SMILES string of the molecule is CNCC(CC1CCCCC1)N=C(NC#N)N1CCCC([C@@H](OCCNC(=O)OC)c2cccc(Cl)c2)C1. The molecule has 1 aromatic carbocycles. The number of piperidine rings is 1. The highest BCUT2D eigenvalue weighted by atomic mass is 35.5. The van der Waals surface area contributed by atoms with E-state index >= 15 is 0 Å². The highest BCUT2D eigenvalue weighted by Crippen LogP contribution is 2.34. The van der Waals surface area contributed by atoms with Crippen molar-refractivity contribution in [2.24, 2.45) is 16.8 Å². The summed E-state index contributed by atoms with van der Waals surface area (Å²) < 4.78 is 11.0. The summed E-state index contributed by atoms with van der Waals surface area (Å²) in [5.41, 5.74) is 1.000. The van der Waals surface area contributed by atoms with E-state index in [4.69, 9.17) is 21.3 Å². The Morgan fingerprint density at radius 1 is 1.26 bits per heavy atom. The number of methoxy groups -OCH3 is 1. The lowest BCUT2D eigenvalue weighted by Crippen LogP contribution is -2.47. The van der Waals surface area contributed by atoms with Crippen LogP contribution >= 0.6 is 11.6 Å². The largest absolute Gasteiger partial charge is 0.453 e. The molecule has 0 radical (unpaired) electrons. The van der Waals surface area contributed by atoms with E-state index in [1.807, 2.05) is 31.3 Å². The molecule has 3 N–H and O–H groups in total. The molecule has 1 heterocycles. The fraction of sp³-hybridized carbons (Fsp3) is 0.679. The summed E-state index contributed by atoms with van der Waals surface area (Å²) in [6, 6.07) is 7.86. The number of benzene rings is 1. The van der Waals surface area contributed by atoms with Gasteiger partial charge in [0.05, 0.1) is 25.9 Å². The van der Waals surface area contributed by atoms with E-state index in [1.54, 1.807) is 0 Å². The van der Waals surface area contributed by atoms with Crippen molar-refractivity contribution in [2.75, 3.05) is 46.9 Å². The third-order valence-corrected chi connectivity index (χ3v) is 7.69. The maximum atomic E-state index is 11.4. The number of alkyl carbamates (subject to hydrolysis) is 1. The van der Waals surface area contributed by atoms with Gasteiger partial charge in [0.15, 0.2) is 6.19 Å². The molecule has 1 aromatic rings. The Morgan fingerprint density at radius 2 is 2.08 bits per heavy atom. The van der Waals surface area contributed by atoms with Crippen molar-refractivity contribution >= 4 is 23.7 Å². The number of hydrogen-bond donors (Lipinski definition) is 3. The van der Waals surface area contributed by atoms with Gasteiger partial charge in [-0.25, -0.2) is 9.79 Å². The van der Waals surface area contributed by atoms with Gasteiger partial charge in [-0.15, -0.1) is 0 Å². The normalized spacial score (nSPS) is 20.3. The Bertz CT molecular complexity index is 933.